The Morgan fingerprint density at radius 1 is 1.14 bits per heavy atom. The lowest BCUT2D eigenvalue weighted by molar-refractivity contribution is 0.240. The summed E-state index contributed by atoms with van der Waals surface area (Å²) in [5.41, 5.74) is 1.34. The molecule has 0 aliphatic heterocycles. The molecule has 3 nitrogen and oxygen atoms in total. The molecule has 0 aromatic heterocycles. The van der Waals surface area contributed by atoms with Crippen molar-refractivity contribution in [3.63, 3.8) is 0 Å². The van der Waals surface area contributed by atoms with Gasteiger partial charge in [0.2, 0.25) is 0 Å². The Morgan fingerprint density at radius 3 is 2.48 bits per heavy atom. The van der Waals surface area contributed by atoms with Gasteiger partial charge < -0.3 is 14.8 Å². The van der Waals surface area contributed by atoms with Gasteiger partial charge in [-0.2, -0.15) is 0 Å². The lowest BCUT2D eigenvalue weighted by Crippen LogP contribution is -2.35. The van der Waals surface area contributed by atoms with Gasteiger partial charge in [-0.05, 0) is 57.2 Å². The zero-order valence-electron chi connectivity index (χ0n) is 13.9. The van der Waals surface area contributed by atoms with Gasteiger partial charge in [0.1, 0.15) is 0 Å². The van der Waals surface area contributed by atoms with E-state index in [0.717, 1.165) is 24.7 Å². The van der Waals surface area contributed by atoms with Crippen LogP contribution in [0.4, 0.5) is 0 Å². The second-order valence-electron chi connectivity index (χ2n) is 7.05. The van der Waals surface area contributed by atoms with E-state index in [2.05, 4.69) is 38.2 Å². The molecule has 0 bridgehead atoms. The van der Waals surface area contributed by atoms with Crippen LogP contribution in [0.3, 0.4) is 0 Å². The van der Waals surface area contributed by atoms with Crippen LogP contribution in [-0.2, 0) is 6.54 Å². The first-order chi connectivity index (χ1) is 9.98. The summed E-state index contributed by atoms with van der Waals surface area (Å²) in [5, 5.41) is 3.50. The van der Waals surface area contributed by atoms with Gasteiger partial charge in [0.15, 0.2) is 11.5 Å². The molecule has 0 saturated heterocycles. The maximum absolute atomic E-state index is 6.03. The van der Waals surface area contributed by atoms with E-state index in [4.69, 9.17) is 9.47 Å². The summed E-state index contributed by atoms with van der Waals surface area (Å²) in [4.78, 5) is 0. The van der Waals surface area contributed by atoms with Crippen molar-refractivity contribution in [3.8, 4) is 11.5 Å². The van der Waals surface area contributed by atoms with E-state index in [1.165, 1.54) is 31.2 Å². The van der Waals surface area contributed by atoms with Crippen LogP contribution < -0.4 is 14.8 Å². The van der Waals surface area contributed by atoms with Crippen LogP contribution >= 0.6 is 0 Å². The van der Waals surface area contributed by atoms with Crippen molar-refractivity contribution in [3.05, 3.63) is 23.8 Å². The first-order valence-electron chi connectivity index (χ1n) is 8.03. The highest BCUT2D eigenvalue weighted by atomic mass is 16.5. The average Bonchev–Trinajstić information content (AvgIpc) is 2.95. The first kappa shape index (κ1) is 16.2. The second-order valence-corrected chi connectivity index (χ2v) is 7.05. The third kappa shape index (κ3) is 5.24. The number of ether oxygens (including phenoxy) is 2. The highest BCUT2D eigenvalue weighted by Crippen LogP contribution is 2.31. The molecule has 0 spiro atoms. The van der Waals surface area contributed by atoms with Gasteiger partial charge in [-0.1, -0.05) is 18.9 Å². The molecule has 118 valence electrons. The summed E-state index contributed by atoms with van der Waals surface area (Å²) in [6.07, 6.45) is 5.29. The summed E-state index contributed by atoms with van der Waals surface area (Å²) >= 11 is 0. The van der Waals surface area contributed by atoms with Gasteiger partial charge in [0.25, 0.3) is 0 Å². The molecule has 0 amide bonds. The fraction of sp³-hybridized carbons (Fsp3) is 0.667. The van der Waals surface area contributed by atoms with Crippen LogP contribution in [0.5, 0.6) is 11.5 Å². The van der Waals surface area contributed by atoms with Crippen molar-refractivity contribution in [2.24, 2.45) is 5.92 Å². The van der Waals surface area contributed by atoms with Gasteiger partial charge in [-0.25, -0.2) is 0 Å². The van der Waals surface area contributed by atoms with Crippen LogP contribution in [0.2, 0.25) is 0 Å². The topological polar surface area (TPSA) is 30.5 Å². The normalized spacial score (nSPS) is 16.2. The van der Waals surface area contributed by atoms with Gasteiger partial charge >= 0.3 is 0 Å². The molecule has 1 N–H and O–H groups in total. The molecule has 0 unspecified atom stereocenters. The van der Waals surface area contributed by atoms with Crippen molar-refractivity contribution < 1.29 is 9.47 Å². The van der Waals surface area contributed by atoms with E-state index < -0.39 is 0 Å². The van der Waals surface area contributed by atoms with E-state index in [1.54, 1.807) is 7.11 Å². The summed E-state index contributed by atoms with van der Waals surface area (Å²) in [5.74, 6) is 2.41. The van der Waals surface area contributed by atoms with Crippen LogP contribution in [0.15, 0.2) is 18.2 Å². The molecule has 21 heavy (non-hydrogen) atoms. The molecular formula is C18H29NO2. The minimum Gasteiger partial charge on any atom is -0.493 e. The van der Waals surface area contributed by atoms with E-state index in [1.807, 2.05) is 6.07 Å². The lowest BCUT2D eigenvalue weighted by atomic mass is 10.1. The van der Waals surface area contributed by atoms with Gasteiger partial charge in [0, 0.05) is 12.1 Å². The third-order valence-corrected chi connectivity index (χ3v) is 4.00. The number of nitrogens with one attached hydrogen (secondary N) is 1. The van der Waals surface area contributed by atoms with Crippen LogP contribution in [0, 0.1) is 5.92 Å². The second kappa shape index (κ2) is 7.17. The molecule has 1 aromatic carbocycles. The Bertz CT molecular complexity index is 445. The molecule has 1 aliphatic rings. The number of hydrogen-bond donors (Lipinski definition) is 1. The van der Waals surface area contributed by atoms with Crippen LogP contribution in [0.1, 0.15) is 52.0 Å². The van der Waals surface area contributed by atoms with E-state index in [-0.39, 0.29) is 5.54 Å². The lowest BCUT2D eigenvalue weighted by Gasteiger charge is -2.21. The van der Waals surface area contributed by atoms with Crippen molar-refractivity contribution in [2.75, 3.05) is 13.7 Å². The molecule has 0 atom stereocenters. The zero-order chi connectivity index (χ0) is 15.3. The zero-order valence-corrected chi connectivity index (χ0v) is 13.9. The maximum Gasteiger partial charge on any atom is 0.161 e. The standard InChI is InChI=1S/C18H29NO2/c1-18(2,3)19-12-15-9-10-16(20-4)17(11-15)21-13-14-7-5-6-8-14/h9-11,14,19H,5-8,12-13H2,1-4H3. The summed E-state index contributed by atoms with van der Waals surface area (Å²) < 4.78 is 11.4. The first-order valence-corrected chi connectivity index (χ1v) is 8.03. The van der Waals surface area contributed by atoms with Gasteiger partial charge in [-0.3, -0.25) is 0 Å². The Morgan fingerprint density at radius 2 is 1.86 bits per heavy atom. The van der Waals surface area contributed by atoms with E-state index in [0.29, 0.717) is 5.92 Å². The van der Waals surface area contributed by atoms with Crippen molar-refractivity contribution in [1.82, 2.24) is 5.32 Å². The van der Waals surface area contributed by atoms with Crippen LogP contribution in [-0.4, -0.2) is 19.3 Å². The fourth-order valence-electron chi connectivity index (χ4n) is 2.70. The average molecular weight is 291 g/mol. The highest BCUT2D eigenvalue weighted by molar-refractivity contribution is 5.43. The van der Waals surface area contributed by atoms with E-state index in [9.17, 15) is 0 Å². The minimum atomic E-state index is 0.116. The molecule has 3 heteroatoms. The van der Waals surface area contributed by atoms with Gasteiger partial charge in [0.05, 0.1) is 13.7 Å². The summed E-state index contributed by atoms with van der Waals surface area (Å²) in [7, 11) is 1.70. The predicted octanol–water partition coefficient (Wildman–Crippen LogP) is 4.15. The molecular weight excluding hydrogens is 262 g/mol. The van der Waals surface area contributed by atoms with Crippen LogP contribution in [0.25, 0.3) is 0 Å². The minimum absolute atomic E-state index is 0.116. The molecule has 0 heterocycles. The Balaban J connectivity index is 1.99. The largest absolute Gasteiger partial charge is 0.493 e. The number of methoxy groups -OCH3 is 1. The van der Waals surface area contributed by atoms with Gasteiger partial charge in [-0.15, -0.1) is 0 Å². The molecule has 1 aromatic rings. The van der Waals surface area contributed by atoms with Crippen molar-refractivity contribution >= 4 is 0 Å². The third-order valence-electron chi connectivity index (χ3n) is 4.00. The number of hydrogen-bond acceptors (Lipinski definition) is 3. The molecule has 1 aliphatic carbocycles. The molecule has 2 rings (SSSR count). The maximum atomic E-state index is 6.03. The summed E-state index contributed by atoms with van der Waals surface area (Å²) in [6.45, 7) is 8.18. The molecule has 1 fully saturated rings. The number of benzene rings is 1. The monoisotopic (exact) mass is 291 g/mol. The number of rotatable bonds is 6. The Kier molecular flexibility index (Phi) is 5.51. The fourth-order valence-corrected chi connectivity index (χ4v) is 2.70. The van der Waals surface area contributed by atoms with E-state index >= 15 is 0 Å². The van der Waals surface area contributed by atoms with Crippen molar-refractivity contribution in [1.29, 1.82) is 0 Å². The summed E-state index contributed by atoms with van der Waals surface area (Å²) in [6, 6.07) is 6.20. The van der Waals surface area contributed by atoms with Crippen molar-refractivity contribution in [2.45, 2.75) is 58.5 Å². The molecule has 1 saturated carbocycles. The Labute approximate surface area is 129 Å². The highest BCUT2D eigenvalue weighted by Gasteiger charge is 2.17. The quantitative estimate of drug-likeness (QED) is 0.854. The predicted molar refractivity (Wildman–Crippen MR) is 87.0 cm³/mol. The smallest absolute Gasteiger partial charge is 0.161 e. The Hall–Kier alpha value is -1.22. The molecule has 0 radical (unpaired) electrons. The SMILES string of the molecule is COc1ccc(CNC(C)(C)C)cc1OCC1CCCC1.